The van der Waals surface area contributed by atoms with E-state index in [0.717, 1.165) is 0 Å². The van der Waals surface area contributed by atoms with Crippen molar-refractivity contribution in [3.8, 4) is 0 Å². The number of carbonyl (C=O) groups excluding carboxylic acids is 1. The predicted octanol–water partition coefficient (Wildman–Crippen LogP) is 2.51. The third-order valence-electron chi connectivity index (χ3n) is 4.13. The molecule has 1 aromatic heterocycles. The molecule has 0 amide bonds. The molecule has 0 atom stereocenters. The van der Waals surface area contributed by atoms with E-state index in [9.17, 15) is 18.0 Å². The summed E-state index contributed by atoms with van der Waals surface area (Å²) < 4.78 is 39.2. The summed E-state index contributed by atoms with van der Waals surface area (Å²) in [6, 6.07) is 8.79. The van der Waals surface area contributed by atoms with Crippen LogP contribution in [-0.4, -0.2) is 26.1 Å². The van der Waals surface area contributed by atoms with Crippen LogP contribution < -0.4 is 10.5 Å². The molecule has 0 spiro atoms. The van der Waals surface area contributed by atoms with Gasteiger partial charge < -0.3 is 9.15 Å². The van der Waals surface area contributed by atoms with Gasteiger partial charge >= 0.3 is 11.7 Å². The Morgan fingerprint density at radius 3 is 2.48 bits per heavy atom. The number of sulfonamides is 1. The van der Waals surface area contributed by atoms with Crippen molar-refractivity contribution in [3.63, 3.8) is 0 Å². The molecule has 0 aliphatic heterocycles. The number of ether oxygens (including phenoxy) is 1. The van der Waals surface area contributed by atoms with Crippen molar-refractivity contribution in [1.29, 1.82) is 0 Å². The number of esters is 1. The van der Waals surface area contributed by atoms with E-state index in [1.165, 1.54) is 42.0 Å². The normalized spacial score (nSPS) is 11.5. The molecular formula is C18H18N2O6S. The number of hydrogen-bond donors (Lipinski definition) is 1. The lowest BCUT2D eigenvalue weighted by Crippen LogP contribution is -2.15. The average Bonchev–Trinajstić information content (AvgIpc) is 2.94. The van der Waals surface area contributed by atoms with Crippen molar-refractivity contribution in [3.05, 3.63) is 58.1 Å². The maximum absolute atomic E-state index is 12.8. The van der Waals surface area contributed by atoms with Crippen LogP contribution in [0.2, 0.25) is 0 Å². The third-order valence-corrected chi connectivity index (χ3v) is 5.65. The van der Waals surface area contributed by atoms with Gasteiger partial charge in [-0.25, -0.2) is 18.0 Å². The van der Waals surface area contributed by atoms with Gasteiger partial charge in [-0.2, -0.15) is 0 Å². The largest absolute Gasteiger partial charge is 0.465 e. The smallest absolute Gasteiger partial charge is 0.419 e. The highest BCUT2D eigenvalue weighted by atomic mass is 32.2. The van der Waals surface area contributed by atoms with E-state index in [2.05, 4.69) is 9.46 Å². The Morgan fingerprint density at radius 2 is 1.89 bits per heavy atom. The number of anilines is 1. The fraction of sp³-hybridized carbons (Fsp3) is 0.222. The van der Waals surface area contributed by atoms with Gasteiger partial charge in [0.15, 0.2) is 5.58 Å². The number of fused-ring (bicyclic) bond motifs is 1. The molecule has 0 saturated heterocycles. The van der Waals surface area contributed by atoms with E-state index in [4.69, 9.17) is 4.42 Å². The van der Waals surface area contributed by atoms with Crippen LogP contribution >= 0.6 is 0 Å². The number of oxazole rings is 1. The van der Waals surface area contributed by atoms with Crippen LogP contribution in [0.4, 0.5) is 5.69 Å². The lowest BCUT2D eigenvalue weighted by Gasteiger charge is -2.11. The summed E-state index contributed by atoms with van der Waals surface area (Å²) in [7, 11) is -2.66. The SMILES string of the molecule is CCn1c(=O)oc2cc(S(=O)(=O)Nc3ccc(C(=O)OC)cc3)c(C)cc21. The number of aryl methyl sites for hydroxylation is 2. The maximum atomic E-state index is 12.8. The number of hydrogen-bond acceptors (Lipinski definition) is 6. The maximum Gasteiger partial charge on any atom is 0.419 e. The molecule has 8 nitrogen and oxygen atoms in total. The highest BCUT2D eigenvalue weighted by molar-refractivity contribution is 7.92. The van der Waals surface area contributed by atoms with Crippen LogP contribution in [0.1, 0.15) is 22.8 Å². The van der Waals surface area contributed by atoms with Gasteiger partial charge in [-0.3, -0.25) is 9.29 Å². The number of nitrogens with one attached hydrogen (secondary N) is 1. The van der Waals surface area contributed by atoms with Gasteiger partial charge in [0.05, 0.1) is 23.1 Å². The first kappa shape index (κ1) is 18.7. The molecule has 3 aromatic rings. The second-order valence-electron chi connectivity index (χ2n) is 5.87. The van der Waals surface area contributed by atoms with Crippen LogP contribution in [0.15, 0.2) is 50.5 Å². The van der Waals surface area contributed by atoms with Gasteiger partial charge in [0.25, 0.3) is 10.0 Å². The number of aromatic nitrogens is 1. The highest BCUT2D eigenvalue weighted by Crippen LogP contribution is 2.25. The third kappa shape index (κ3) is 3.45. The second kappa shape index (κ2) is 6.92. The van der Waals surface area contributed by atoms with E-state index in [1.54, 1.807) is 19.9 Å². The first-order valence-corrected chi connectivity index (χ1v) is 9.60. The van der Waals surface area contributed by atoms with Crippen molar-refractivity contribution >= 4 is 32.8 Å². The lowest BCUT2D eigenvalue weighted by atomic mass is 10.2. The Morgan fingerprint density at radius 1 is 1.22 bits per heavy atom. The average molecular weight is 390 g/mol. The minimum Gasteiger partial charge on any atom is -0.465 e. The Kier molecular flexibility index (Phi) is 4.79. The van der Waals surface area contributed by atoms with Crippen molar-refractivity contribution in [2.24, 2.45) is 0 Å². The predicted molar refractivity (Wildman–Crippen MR) is 99.5 cm³/mol. The fourth-order valence-corrected chi connectivity index (χ4v) is 4.09. The van der Waals surface area contributed by atoms with Crippen LogP contribution in [0.5, 0.6) is 0 Å². The number of methoxy groups -OCH3 is 1. The number of carbonyl (C=O) groups is 1. The van der Waals surface area contributed by atoms with Crippen molar-refractivity contribution in [2.75, 3.05) is 11.8 Å². The Bertz CT molecular complexity index is 1170. The van der Waals surface area contributed by atoms with Crippen LogP contribution in [0.3, 0.4) is 0 Å². The monoisotopic (exact) mass is 390 g/mol. The zero-order valence-corrected chi connectivity index (χ0v) is 15.8. The zero-order valence-electron chi connectivity index (χ0n) is 15.0. The molecule has 0 radical (unpaired) electrons. The van der Waals surface area contributed by atoms with Crippen molar-refractivity contribution in [1.82, 2.24) is 4.57 Å². The summed E-state index contributed by atoms with van der Waals surface area (Å²) in [5.74, 6) is -1.05. The first-order valence-electron chi connectivity index (χ1n) is 8.12. The summed E-state index contributed by atoms with van der Waals surface area (Å²) >= 11 is 0. The molecule has 0 aliphatic rings. The Hall–Kier alpha value is -3.07. The number of benzene rings is 2. The Balaban J connectivity index is 1.98. The summed E-state index contributed by atoms with van der Waals surface area (Å²) in [5, 5.41) is 0. The van der Waals surface area contributed by atoms with Crippen molar-refractivity contribution < 1.29 is 22.4 Å². The lowest BCUT2D eigenvalue weighted by molar-refractivity contribution is 0.0600. The minimum absolute atomic E-state index is 0.00375. The Labute approximate surface area is 155 Å². The van der Waals surface area contributed by atoms with E-state index >= 15 is 0 Å². The van der Waals surface area contributed by atoms with Crippen LogP contribution in [0.25, 0.3) is 11.1 Å². The molecule has 27 heavy (non-hydrogen) atoms. The molecule has 0 aliphatic carbocycles. The molecule has 142 valence electrons. The molecule has 1 heterocycles. The quantitative estimate of drug-likeness (QED) is 0.671. The summed E-state index contributed by atoms with van der Waals surface area (Å²) in [4.78, 5) is 23.3. The molecule has 0 saturated carbocycles. The fourth-order valence-electron chi connectivity index (χ4n) is 2.79. The molecule has 9 heteroatoms. The molecule has 0 bridgehead atoms. The molecule has 3 rings (SSSR count). The number of nitrogens with zero attached hydrogens (tertiary/aromatic N) is 1. The van der Waals surface area contributed by atoms with Gasteiger partial charge in [-0.05, 0) is 49.7 Å². The topological polar surface area (TPSA) is 108 Å². The van der Waals surface area contributed by atoms with E-state index < -0.39 is 21.7 Å². The minimum atomic E-state index is -3.92. The van der Waals surface area contributed by atoms with Gasteiger partial charge in [-0.1, -0.05) is 0 Å². The van der Waals surface area contributed by atoms with Crippen LogP contribution in [0, 0.1) is 6.92 Å². The van der Waals surface area contributed by atoms with E-state index in [0.29, 0.717) is 23.2 Å². The second-order valence-corrected chi connectivity index (χ2v) is 7.52. The molecule has 2 aromatic carbocycles. The van der Waals surface area contributed by atoms with Crippen LogP contribution in [-0.2, 0) is 21.3 Å². The highest BCUT2D eigenvalue weighted by Gasteiger charge is 2.21. The number of rotatable bonds is 5. The zero-order chi connectivity index (χ0) is 19.8. The van der Waals surface area contributed by atoms with Gasteiger partial charge in [0.2, 0.25) is 0 Å². The summed E-state index contributed by atoms with van der Waals surface area (Å²) in [6.07, 6.45) is 0. The standard InChI is InChI=1S/C18H18N2O6S/c1-4-20-14-9-11(2)16(10-15(14)26-18(20)22)27(23,24)19-13-7-5-12(6-8-13)17(21)25-3/h5-10,19H,4H2,1-3H3. The van der Waals surface area contributed by atoms with Gasteiger partial charge in [0, 0.05) is 18.3 Å². The summed E-state index contributed by atoms with van der Waals surface area (Å²) in [5.41, 5.74) is 1.81. The molecule has 0 fully saturated rings. The van der Waals surface area contributed by atoms with Gasteiger partial charge in [0.1, 0.15) is 0 Å². The molecular weight excluding hydrogens is 372 g/mol. The van der Waals surface area contributed by atoms with Crippen molar-refractivity contribution in [2.45, 2.75) is 25.3 Å². The van der Waals surface area contributed by atoms with E-state index in [-0.39, 0.29) is 16.2 Å². The summed E-state index contributed by atoms with van der Waals surface area (Å²) in [6.45, 7) is 3.86. The first-order chi connectivity index (χ1) is 12.8. The molecule has 0 unspecified atom stereocenters. The van der Waals surface area contributed by atoms with Gasteiger partial charge in [-0.15, -0.1) is 0 Å². The molecule has 1 N–H and O–H groups in total. The van der Waals surface area contributed by atoms with E-state index in [1.807, 2.05) is 0 Å².